The summed E-state index contributed by atoms with van der Waals surface area (Å²) in [5.41, 5.74) is 1.75. The highest BCUT2D eigenvalue weighted by atomic mass is 35.5. The van der Waals surface area contributed by atoms with Crippen LogP contribution in [0.5, 0.6) is 0 Å². The van der Waals surface area contributed by atoms with Crippen LogP contribution in [-0.2, 0) is 16.1 Å². The fourth-order valence-electron chi connectivity index (χ4n) is 3.76. The lowest BCUT2D eigenvalue weighted by atomic mass is 9.72. The van der Waals surface area contributed by atoms with Crippen LogP contribution in [0, 0.1) is 17.2 Å². The Labute approximate surface area is 148 Å². The maximum absolute atomic E-state index is 12.3. The second-order valence-corrected chi connectivity index (χ2v) is 7.23. The molecule has 1 saturated heterocycles. The first kappa shape index (κ1) is 17.3. The molecule has 1 heterocycles. The molecule has 1 atom stereocenters. The van der Waals surface area contributed by atoms with Crippen molar-refractivity contribution in [2.45, 2.75) is 44.2 Å². The maximum Gasteiger partial charge on any atom is 0.237 e. The Morgan fingerprint density at radius 2 is 2.12 bits per heavy atom. The van der Waals surface area contributed by atoms with E-state index in [1.54, 1.807) is 12.1 Å². The van der Waals surface area contributed by atoms with Gasteiger partial charge in [-0.2, -0.15) is 5.26 Å². The summed E-state index contributed by atoms with van der Waals surface area (Å²) in [4.78, 5) is 14.1. The smallest absolute Gasteiger partial charge is 0.237 e. The van der Waals surface area contributed by atoms with Crippen LogP contribution in [0.1, 0.15) is 43.2 Å². The molecule has 128 valence electrons. The summed E-state index contributed by atoms with van der Waals surface area (Å²) in [6.07, 6.45) is 5.61. The molecule has 1 aliphatic heterocycles. The Bertz CT molecular complexity index is 619. The highest BCUT2D eigenvalue weighted by Crippen LogP contribution is 2.44. The highest BCUT2D eigenvalue weighted by Gasteiger charge is 2.42. The number of hydrogen-bond acceptors (Lipinski definition) is 3. The third kappa shape index (κ3) is 3.91. The predicted molar refractivity (Wildman–Crippen MR) is 92.6 cm³/mol. The van der Waals surface area contributed by atoms with E-state index in [0.717, 1.165) is 44.4 Å². The Balaban J connectivity index is 1.65. The van der Waals surface area contributed by atoms with E-state index in [4.69, 9.17) is 21.6 Å². The topological polar surface area (TPSA) is 53.3 Å². The molecule has 0 radical (unpaired) electrons. The molecule has 1 aromatic rings. The molecule has 2 fully saturated rings. The molecule has 24 heavy (non-hydrogen) atoms. The van der Waals surface area contributed by atoms with Crippen molar-refractivity contribution in [3.8, 4) is 6.07 Å². The average Bonchev–Trinajstić information content (AvgIpc) is 2.60. The number of nitrogens with zero attached hydrogens (tertiary/aromatic N) is 2. The monoisotopic (exact) mass is 346 g/mol. The van der Waals surface area contributed by atoms with Gasteiger partial charge in [0.25, 0.3) is 0 Å². The largest absolute Gasteiger partial charge is 0.375 e. The fraction of sp³-hybridized carbons (Fsp3) is 0.579. The zero-order valence-electron chi connectivity index (χ0n) is 13.8. The van der Waals surface area contributed by atoms with Gasteiger partial charge in [0.15, 0.2) is 0 Å². The number of carbonyl (C=O) groups is 1. The fourth-order valence-corrected chi connectivity index (χ4v) is 3.93. The first-order valence-corrected chi connectivity index (χ1v) is 9.14. The third-order valence-corrected chi connectivity index (χ3v) is 5.49. The van der Waals surface area contributed by atoms with E-state index in [0.29, 0.717) is 18.0 Å². The molecule has 0 aromatic heterocycles. The van der Waals surface area contributed by atoms with Crippen LogP contribution in [0.2, 0.25) is 0 Å². The van der Waals surface area contributed by atoms with E-state index in [1.165, 1.54) is 6.42 Å². The second kappa shape index (κ2) is 7.55. The number of rotatable bonds is 5. The van der Waals surface area contributed by atoms with Gasteiger partial charge in [0, 0.05) is 19.7 Å². The normalized spacial score (nSPS) is 21.8. The van der Waals surface area contributed by atoms with Crippen molar-refractivity contribution >= 4 is 17.5 Å². The first-order valence-electron chi connectivity index (χ1n) is 8.61. The SMILES string of the molecule is N#Cc1ccc(CN(CC2CCOC3(CCC3)C2)C(=O)CCl)cc1. The van der Waals surface area contributed by atoms with Gasteiger partial charge in [-0.15, -0.1) is 11.6 Å². The van der Waals surface area contributed by atoms with Crippen molar-refractivity contribution in [1.29, 1.82) is 5.26 Å². The molecular formula is C19H23ClN2O2. The molecule has 0 bridgehead atoms. The van der Waals surface area contributed by atoms with Crippen LogP contribution < -0.4 is 0 Å². The summed E-state index contributed by atoms with van der Waals surface area (Å²) in [6.45, 7) is 2.07. The molecule has 0 N–H and O–H groups in total. The third-order valence-electron chi connectivity index (χ3n) is 5.26. The Morgan fingerprint density at radius 1 is 1.38 bits per heavy atom. The first-order chi connectivity index (χ1) is 11.6. The lowest BCUT2D eigenvalue weighted by molar-refractivity contribution is -0.149. The lowest BCUT2D eigenvalue weighted by Gasteiger charge is -2.48. The minimum Gasteiger partial charge on any atom is -0.375 e. The lowest BCUT2D eigenvalue weighted by Crippen LogP contribution is -2.48. The van der Waals surface area contributed by atoms with E-state index in [9.17, 15) is 4.79 Å². The molecule has 1 amide bonds. The van der Waals surface area contributed by atoms with Crippen molar-refractivity contribution < 1.29 is 9.53 Å². The number of benzene rings is 1. The van der Waals surface area contributed by atoms with Crippen LogP contribution in [-0.4, -0.2) is 35.4 Å². The van der Waals surface area contributed by atoms with Crippen molar-refractivity contribution in [3.63, 3.8) is 0 Å². The van der Waals surface area contributed by atoms with E-state index in [1.807, 2.05) is 17.0 Å². The number of alkyl halides is 1. The minimum absolute atomic E-state index is 0.00461. The minimum atomic E-state index is -0.0322. The molecule has 4 nitrogen and oxygen atoms in total. The molecule has 5 heteroatoms. The summed E-state index contributed by atoms with van der Waals surface area (Å²) in [6, 6.07) is 9.50. The van der Waals surface area contributed by atoms with E-state index >= 15 is 0 Å². The van der Waals surface area contributed by atoms with Crippen LogP contribution in [0.3, 0.4) is 0 Å². The van der Waals surface area contributed by atoms with Crippen LogP contribution >= 0.6 is 11.6 Å². The van der Waals surface area contributed by atoms with Crippen molar-refractivity contribution in [2.24, 2.45) is 5.92 Å². The number of halogens is 1. The summed E-state index contributed by atoms with van der Waals surface area (Å²) in [7, 11) is 0. The number of amides is 1. The molecule has 1 spiro atoms. The zero-order chi connectivity index (χ0) is 17.0. The van der Waals surface area contributed by atoms with Crippen LogP contribution in [0.4, 0.5) is 0 Å². The summed E-state index contributed by atoms with van der Waals surface area (Å²) in [5.74, 6) is 0.449. The van der Waals surface area contributed by atoms with Gasteiger partial charge >= 0.3 is 0 Å². The van der Waals surface area contributed by atoms with Gasteiger partial charge in [0.05, 0.1) is 17.2 Å². The summed E-state index contributed by atoms with van der Waals surface area (Å²) >= 11 is 5.81. The van der Waals surface area contributed by atoms with Crippen LogP contribution in [0.25, 0.3) is 0 Å². The van der Waals surface area contributed by atoms with Gasteiger partial charge in [-0.25, -0.2) is 0 Å². The van der Waals surface area contributed by atoms with E-state index in [-0.39, 0.29) is 17.4 Å². The van der Waals surface area contributed by atoms with E-state index in [2.05, 4.69) is 6.07 Å². The van der Waals surface area contributed by atoms with Gasteiger partial charge in [0.1, 0.15) is 5.88 Å². The Hall–Kier alpha value is -1.57. The number of ether oxygens (including phenoxy) is 1. The zero-order valence-corrected chi connectivity index (χ0v) is 14.6. The molecule has 1 aromatic carbocycles. The van der Waals surface area contributed by atoms with Crippen molar-refractivity contribution in [1.82, 2.24) is 4.90 Å². The van der Waals surface area contributed by atoms with Gasteiger partial charge in [-0.05, 0) is 55.7 Å². The van der Waals surface area contributed by atoms with Gasteiger partial charge in [0.2, 0.25) is 5.91 Å². The molecule has 1 aliphatic carbocycles. The standard InChI is InChI=1S/C19H23ClN2O2/c20-11-18(23)22(13-16-4-2-15(12-21)3-5-16)14-17-6-9-24-19(10-17)7-1-8-19/h2-5,17H,1,6-11,13-14H2. The molecular weight excluding hydrogens is 324 g/mol. The number of hydrogen-bond donors (Lipinski definition) is 0. The predicted octanol–water partition coefficient (Wildman–Crippen LogP) is 3.47. The van der Waals surface area contributed by atoms with Crippen LogP contribution in [0.15, 0.2) is 24.3 Å². The summed E-state index contributed by atoms with van der Waals surface area (Å²) < 4.78 is 5.98. The van der Waals surface area contributed by atoms with E-state index < -0.39 is 0 Å². The summed E-state index contributed by atoms with van der Waals surface area (Å²) in [5, 5.41) is 8.89. The number of nitriles is 1. The Kier molecular flexibility index (Phi) is 5.43. The molecule has 1 saturated carbocycles. The number of carbonyl (C=O) groups excluding carboxylic acids is 1. The quantitative estimate of drug-likeness (QED) is 0.767. The van der Waals surface area contributed by atoms with Crippen molar-refractivity contribution in [2.75, 3.05) is 19.0 Å². The molecule has 2 aliphatic rings. The molecule has 3 rings (SSSR count). The maximum atomic E-state index is 12.3. The second-order valence-electron chi connectivity index (χ2n) is 6.96. The van der Waals surface area contributed by atoms with Gasteiger partial charge in [-0.3, -0.25) is 4.79 Å². The Morgan fingerprint density at radius 3 is 2.71 bits per heavy atom. The van der Waals surface area contributed by atoms with Gasteiger partial charge < -0.3 is 9.64 Å². The average molecular weight is 347 g/mol. The van der Waals surface area contributed by atoms with Crippen molar-refractivity contribution in [3.05, 3.63) is 35.4 Å². The molecule has 1 unspecified atom stereocenters. The van der Waals surface area contributed by atoms with Gasteiger partial charge in [-0.1, -0.05) is 12.1 Å². The highest BCUT2D eigenvalue weighted by molar-refractivity contribution is 6.27.